The van der Waals surface area contributed by atoms with Gasteiger partial charge in [0, 0.05) is 19.6 Å². The van der Waals surface area contributed by atoms with Gasteiger partial charge in [-0.1, -0.05) is 13.8 Å². The van der Waals surface area contributed by atoms with E-state index >= 15 is 0 Å². The molecule has 0 spiro atoms. The Morgan fingerprint density at radius 2 is 2.05 bits per heavy atom. The number of hydrogen-bond acceptors (Lipinski definition) is 4. The fourth-order valence-corrected chi connectivity index (χ4v) is 4.34. The molecule has 2 heterocycles. The lowest BCUT2D eigenvalue weighted by atomic mass is 9.94. The molecular formula is C14H24N2O4S. The third kappa shape index (κ3) is 4.06. The van der Waals surface area contributed by atoms with Crippen LogP contribution in [0, 0.1) is 11.8 Å². The van der Waals surface area contributed by atoms with Crippen molar-refractivity contribution in [3.05, 3.63) is 24.2 Å². The van der Waals surface area contributed by atoms with Gasteiger partial charge in [0.1, 0.15) is 11.4 Å². The van der Waals surface area contributed by atoms with Crippen LogP contribution >= 0.6 is 0 Å². The summed E-state index contributed by atoms with van der Waals surface area (Å²) < 4.78 is 33.8. The van der Waals surface area contributed by atoms with Crippen LogP contribution in [0.5, 0.6) is 0 Å². The molecule has 21 heavy (non-hydrogen) atoms. The molecule has 120 valence electrons. The Kier molecular flexibility index (Phi) is 4.77. The molecule has 1 saturated heterocycles. The Hall–Kier alpha value is -0.890. The third-order valence-electron chi connectivity index (χ3n) is 3.83. The van der Waals surface area contributed by atoms with E-state index in [4.69, 9.17) is 4.42 Å². The Labute approximate surface area is 126 Å². The van der Waals surface area contributed by atoms with Gasteiger partial charge in [0.15, 0.2) is 0 Å². The predicted molar refractivity (Wildman–Crippen MR) is 79.7 cm³/mol. The molecule has 0 radical (unpaired) electrons. The van der Waals surface area contributed by atoms with Crippen molar-refractivity contribution in [3.8, 4) is 0 Å². The molecule has 0 amide bonds. The number of piperidine rings is 1. The van der Waals surface area contributed by atoms with Gasteiger partial charge in [0.25, 0.3) is 10.2 Å². The van der Waals surface area contributed by atoms with Crippen LogP contribution in [0.15, 0.2) is 22.8 Å². The second kappa shape index (κ2) is 6.08. The average Bonchev–Trinajstić information content (AvgIpc) is 2.90. The van der Waals surface area contributed by atoms with E-state index in [1.165, 1.54) is 17.5 Å². The zero-order chi connectivity index (χ0) is 15.7. The molecule has 7 heteroatoms. The fourth-order valence-electron chi connectivity index (χ4n) is 2.80. The topological polar surface area (TPSA) is 82.8 Å². The van der Waals surface area contributed by atoms with Gasteiger partial charge >= 0.3 is 0 Å². The van der Waals surface area contributed by atoms with E-state index in [0.717, 1.165) is 6.42 Å². The molecule has 0 aliphatic carbocycles. The Balaban J connectivity index is 2.01. The Bertz CT molecular complexity index is 544. The van der Waals surface area contributed by atoms with Crippen LogP contribution < -0.4 is 4.72 Å². The van der Waals surface area contributed by atoms with Crippen LogP contribution in [0.2, 0.25) is 0 Å². The minimum atomic E-state index is -3.59. The highest BCUT2D eigenvalue weighted by molar-refractivity contribution is 7.87. The molecule has 1 aromatic rings. The molecule has 0 bridgehead atoms. The smallest absolute Gasteiger partial charge is 0.279 e. The molecule has 2 rings (SSSR count). The second-order valence-corrected chi connectivity index (χ2v) is 8.10. The minimum Gasteiger partial charge on any atom is -0.466 e. The number of aliphatic hydroxyl groups is 1. The van der Waals surface area contributed by atoms with Gasteiger partial charge in [-0.15, -0.1) is 0 Å². The van der Waals surface area contributed by atoms with Crippen molar-refractivity contribution in [3.63, 3.8) is 0 Å². The number of nitrogens with one attached hydrogen (secondary N) is 1. The number of furan rings is 1. The maximum Gasteiger partial charge on any atom is 0.279 e. The number of nitrogens with zero attached hydrogens (tertiary/aromatic N) is 1. The lowest BCUT2D eigenvalue weighted by Crippen LogP contribution is -2.50. The van der Waals surface area contributed by atoms with Crippen LogP contribution in [0.4, 0.5) is 0 Å². The summed E-state index contributed by atoms with van der Waals surface area (Å²) in [5.74, 6) is 1.03. The van der Waals surface area contributed by atoms with E-state index in [1.54, 1.807) is 12.1 Å². The van der Waals surface area contributed by atoms with Gasteiger partial charge in [-0.2, -0.15) is 17.4 Å². The van der Waals surface area contributed by atoms with Gasteiger partial charge < -0.3 is 9.52 Å². The zero-order valence-corrected chi connectivity index (χ0v) is 13.6. The maximum atomic E-state index is 12.4. The molecule has 0 unspecified atom stereocenters. The molecule has 0 aromatic carbocycles. The molecule has 3 atom stereocenters. The van der Waals surface area contributed by atoms with Gasteiger partial charge in [-0.3, -0.25) is 0 Å². The molecule has 2 N–H and O–H groups in total. The molecule has 1 fully saturated rings. The SMILES string of the molecule is C[C@@H]1C[C@@H](C)CN(S(=O)(=O)NC[C@](C)(O)c2ccco2)C1. The van der Waals surface area contributed by atoms with Crippen molar-refractivity contribution >= 4 is 10.2 Å². The predicted octanol–water partition coefficient (Wildman–Crippen LogP) is 1.30. The van der Waals surface area contributed by atoms with Crippen LogP contribution in [-0.4, -0.2) is 37.5 Å². The first-order valence-electron chi connectivity index (χ1n) is 7.22. The largest absolute Gasteiger partial charge is 0.466 e. The van der Waals surface area contributed by atoms with Crippen molar-refractivity contribution in [2.24, 2.45) is 11.8 Å². The average molecular weight is 316 g/mol. The van der Waals surface area contributed by atoms with Crippen molar-refractivity contribution < 1.29 is 17.9 Å². The monoisotopic (exact) mass is 316 g/mol. The fraction of sp³-hybridized carbons (Fsp3) is 0.714. The molecule has 1 aromatic heterocycles. The van der Waals surface area contributed by atoms with Crippen molar-refractivity contribution in [2.75, 3.05) is 19.6 Å². The van der Waals surface area contributed by atoms with Gasteiger partial charge in [-0.05, 0) is 37.3 Å². The summed E-state index contributed by atoms with van der Waals surface area (Å²) in [7, 11) is -3.59. The Morgan fingerprint density at radius 1 is 1.43 bits per heavy atom. The van der Waals surface area contributed by atoms with E-state index in [9.17, 15) is 13.5 Å². The lowest BCUT2D eigenvalue weighted by Gasteiger charge is -2.34. The highest BCUT2D eigenvalue weighted by atomic mass is 32.2. The molecular weight excluding hydrogens is 292 g/mol. The number of hydrogen-bond donors (Lipinski definition) is 2. The van der Waals surface area contributed by atoms with E-state index in [0.29, 0.717) is 30.7 Å². The van der Waals surface area contributed by atoms with Crippen LogP contribution in [0.25, 0.3) is 0 Å². The third-order valence-corrected chi connectivity index (χ3v) is 5.31. The summed E-state index contributed by atoms with van der Waals surface area (Å²) in [6.07, 6.45) is 2.49. The van der Waals surface area contributed by atoms with Crippen LogP contribution in [-0.2, 0) is 15.8 Å². The summed E-state index contributed by atoms with van der Waals surface area (Å²) in [4.78, 5) is 0. The summed E-state index contributed by atoms with van der Waals surface area (Å²) >= 11 is 0. The first kappa shape index (κ1) is 16.5. The van der Waals surface area contributed by atoms with E-state index in [1.807, 2.05) is 0 Å². The van der Waals surface area contributed by atoms with E-state index in [-0.39, 0.29) is 6.54 Å². The number of rotatable bonds is 5. The molecule has 1 aliphatic rings. The van der Waals surface area contributed by atoms with E-state index in [2.05, 4.69) is 18.6 Å². The first-order chi connectivity index (χ1) is 9.71. The highest BCUT2D eigenvalue weighted by Crippen LogP contribution is 2.24. The van der Waals surface area contributed by atoms with Crippen molar-refractivity contribution in [1.29, 1.82) is 0 Å². The second-order valence-electron chi connectivity index (χ2n) is 6.34. The molecule has 6 nitrogen and oxygen atoms in total. The first-order valence-corrected chi connectivity index (χ1v) is 8.66. The maximum absolute atomic E-state index is 12.4. The summed E-state index contributed by atoms with van der Waals surface area (Å²) in [5.41, 5.74) is -1.37. The standard InChI is InChI=1S/C14H24N2O4S/c1-11-7-12(2)9-16(8-11)21(18,19)15-10-14(3,17)13-5-4-6-20-13/h4-6,11-12,15,17H,7-10H2,1-3H3/t11-,12-,14+/m1/s1. The summed E-state index contributed by atoms with van der Waals surface area (Å²) in [5, 5.41) is 10.3. The van der Waals surface area contributed by atoms with Gasteiger partial charge in [0.05, 0.1) is 6.26 Å². The minimum absolute atomic E-state index is 0.123. The molecule has 1 aliphatic heterocycles. The van der Waals surface area contributed by atoms with E-state index < -0.39 is 15.8 Å². The normalized spacial score (nSPS) is 27.4. The summed E-state index contributed by atoms with van der Waals surface area (Å²) in [6, 6.07) is 3.28. The van der Waals surface area contributed by atoms with Gasteiger partial charge in [-0.25, -0.2) is 0 Å². The van der Waals surface area contributed by atoms with Gasteiger partial charge in [0.2, 0.25) is 0 Å². The Morgan fingerprint density at radius 3 is 2.57 bits per heavy atom. The van der Waals surface area contributed by atoms with Crippen molar-refractivity contribution in [2.45, 2.75) is 32.8 Å². The van der Waals surface area contributed by atoms with Crippen molar-refractivity contribution in [1.82, 2.24) is 9.03 Å². The molecule has 0 saturated carbocycles. The quantitative estimate of drug-likeness (QED) is 0.858. The van der Waals surface area contributed by atoms with Crippen LogP contribution in [0.1, 0.15) is 33.0 Å². The highest BCUT2D eigenvalue weighted by Gasteiger charge is 2.33. The summed E-state index contributed by atoms with van der Waals surface area (Å²) in [6.45, 7) is 6.54. The zero-order valence-electron chi connectivity index (χ0n) is 12.7. The lowest BCUT2D eigenvalue weighted by molar-refractivity contribution is 0.0390. The van der Waals surface area contributed by atoms with Crippen LogP contribution in [0.3, 0.4) is 0 Å².